The second-order valence-corrected chi connectivity index (χ2v) is 4.04. The fraction of sp³-hybridized carbons (Fsp3) is 0.636. The summed E-state index contributed by atoms with van der Waals surface area (Å²) in [4.78, 5) is 25.4. The van der Waals surface area contributed by atoms with Crippen LogP contribution < -0.4 is 0 Å². The Bertz CT molecular complexity index is 322. The quantitative estimate of drug-likeness (QED) is 0.709. The minimum atomic E-state index is -0.809. The molecule has 16 heavy (non-hydrogen) atoms. The zero-order chi connectivity index (χ0) is 12.1. The van der Waals surface area contributed by atoms with Crippen molar-refractivity contribution in [2.24, 2.45) is 5.92 Å². The molecular formula is C11H16N2O3. The maximum atomic E-state index is 11.8. The second-order valence-electron chi connectivity index (χ2n) is 4.04. The first-order valence-electron chi connectivity index (χ1n) is 5.20. The molecule has 1 atom stereocenters. The number of likely N-dealkylation sites (tertiary alicyclic amines) is 1. The Morgan fingerprint density at radius 1 is 1.62 bits per heavy atom. The summed E-state index contributed by atoms with van der Waals surface area (Å²) in [6.07, 6.45) is 6.00. The maximum absolute atomic E-state index is 11.8. The topological polar surface area (TPSA) is 60.9 Å². The highest BCUT2D eigenvalue weighted by Crippen LogP contribution is 2.20. The van der Waals surface area contributed by atoms with Crippen molar-refractivity contribution >= 4 is 12.0 Å². The SMILES string of the molecule is C#CCN(C)C(=O)N1CCC(CC(=O)O)C1. The van der Waals surface area contributed by atoms with Gasteiger partial charge < -0.3 is 14.9 Å². The van der Waals surface area contributed by atoms with Crippen LogP contribution in [0.3, 0.4) is 0 Å². The van der Waals surface area contributed by atoms with Gasteiger partial charge in [0.2, 0.25) is 0 Å². The van der Waals surface area contributed by atoms with Gasteiger partial charge in [-0.25, -0.2) is 4.79 Å². The van der Waals surface area contributed by atoms with Gasteiger partial charge in [-0.3, -0.25) is 4.79 Å². The Labute approximate surface area is 95.0 Å². The molecule has 0 aromatic rings. The summed E-state index contributed by atoms with van der Waals surface area (Å²) in [6.45, 7) is 1.41. The van der Waals surface area contributed by atoms with Crippen LogP contribution in [0.5, 0.6) is 0 Å². The van der Waals surface area contributed by atoms with Crippen molar-refractivity contribution < 1.29 is 14.7 Å². The van der Waals surface area contributed by atoms with E-state index < -0.39 is 5.97 Å². The number of carboxylic acid groups (broad SMARTS) is 1. The first-order chi connectivity index (χ1) is 7.54. The fourth-order valence-electron chi connectivity index (χ4n) is 1.87. The number of carbonyl (C=O) groups excluding carboxylic acids is 1. The van der Waals surface area contributed by atoms with Gasteiger partial charge in [-0.1, -0.05) is 5.92 Å². The van der Waals surface area contributed by atoms with Crippen LogP contribution in [0.4, 0.5) is 4.79 Å². The Morgan fingerprint density at radius 2 is 2.31 bits per heavy atom. The number of urea groups is 1. The molecule has 0 aromatic heterocycles. The summed E-state index contributed by atoms with van der Waals surface area (Å²) in [6, 6.07) is -0.120. The Balaban J connectivity index is 2.44. The molecule has 0 aromatic carbocycles. The van der Waals surface area contributed by atoms with E-state index in [2.05, 4.69) is 5.92 Å². The molecule has 2 amide bonds. The molecule has 0 aliphatic carbocycles. The van der Waals surface area contributed by atoms with Crippen molar-refractivity contribution in [2.45, 2.75) is 12.8 Å². The standard InChI is InChI=1S/C11H16N2O3/c1-3-5-12(2)11(16)13-6-4-9(8-13)7-10(14)15/h1,9H,4-8H2,2H3,(H,14,15). The zero-order valence-corrected chi connectivity index (χ0v) is 9.35. The van der Waals surface area contributed by atoms with E-state index in [0.29, 0.717) is 13.1 Å². The molecule has 1 unspecified atom stereocenters. The Hall–Kier alpha value is -1.70. The van der Waals surface area contributed by atoms with E-state index in [1.165, 1.54) is 4.90 Å². The third kappa shape index (κ3) is 3.16. The average Bonchev–Trinajstić information content (AvgIpc) is 2.64. The fourth-order valence-corrected chi connectivity index (χ4v) is 1.87. The summed E-state index contributed by atoms with van der Waals surface area (Å²) < 4.78 is 0. The van der Waals surface area contributed by atoms with Gasteiger partial charge in [0, 0.05) is 26.6 Å². The highest BCUT2D eigenvalue weighted by Gasteiger charge is 2.28. The van der Waals surface area contributed by atoms with Gasteiger partial charge in [-0.05, 0) is 12.3 Å². The smallest absolute Gasteiger partial charge is 0.320 e. The number of hydrogen-bond acceptors (Lipinski definition) is 2. The minimum Gasteiger partial charge on any atom is -0.481 e. The predicted octanol–water partition coefficient (Wildman–Crippen LogP) is 0.468. The molecular weight excluding hydrogens is 208 g/mol. The number of amides is 2. The van der Waals surface area contributed by atoms with Crippen molar-refractivity contribution in [1.29, 1.82) is 0 Å². The lowest BCUT2D eigenvalue weighted by molar-refractivity contribution is -0.138. The maximum Gasteiger partial charge on any atom is 0.320 e. The zero-order valence-electron chi connectivity index (χ0n) is 9.35. The van der Waals surface area contributed by atoms with Crippen LogP contribution in [0.1, 0.15) is 12.8 Å². The van der Waals surface area contributed by atoms with E-state index in [0.717, 1.165) is 6.42 Å². The van der Waals surface area contributed by atoms with Crippen molar-refractivity contribution in [1.82, 2.24) is 9.80 Å². The van der Waals surface area contributed by atoms with E-state index in [1.807, 2.05) is 0 Å². The van der Waals surface area contributed by atoms with E-state index in [4.69, 9.17) is 11.5 Å². The largest absolute Gasteiger partial charge is 0.481 e. The Kier molecular flexibility index (Phi) is 4.18. The molecule has 0 bridgehead atoms. The van der Waals surface area contributed by atoms with Crippen LogP contribution in [0.25, 0.3) is 0 Å². The van der Waals surface area contributed by atoms with E-state index in [-0.39, 0.29) is 24.9 Å². The average molecular weight is 224 g/mol. The van der Waals surface area contributed by atoms with Crippen LogP contribution in [0, 0.1) is 18.3 Å². The minimum absolute atomic E-state index is 0.0701. The predicted molar refractivity (Wildman–Crippen MR) is 58.8 cm³/mol. The summed E-state index contributed by atoms with van der Waals surface area (Å²) in [5, 5.41) is 8.65. The number of terminal acetylenes is 1. The molecule has 0 radical (unpaired) electrons. The number of nitrogens with zero attached hydrogens (tertiary/aromatic N) is 2. The van der Waals surface area contributed by atoms with E-state index in [1.54, 1.807) is 11.9 Å². The molecule has 1 aliphatic heterocycles. The molecule has 88 valence electrons. The lowest BCUT2D eigenvalue weighted by Gasteiger charge is -2.22. The van der Waals surface area contributed by atoms with Gasteiger partial charge >= 0.3 is 12.0 Å². The number of carbonyl (C=O) groups is 2. The van der Waals surface area contributed by atoms with Crippen molar-refractivity contribution in [3.63, 3.8) is 0 Å². The van der Waals surface area contributed by atoms with E-state index in [9.17, 15) is 9.59 Å². The number of rotatable bonds is 3. The van der Waals surface area contributed by atoms with Gasteiger partial charge in [0.15, 0.2) is 0 Å². The van der Waals surface area contributed by atoms with Crippen LogP contribution in [-0.2, 0) is 4.79 Å². The van der Waals surface area contributed by atoms with Crippen LogP contribution in [0.2, 0.25) is 0 Å². The van der Waals surface area contributed by atoms with Crippen molar-refractivity contribution in [3.8, 4) is 12.3 Å². The molecule has 5 heteroatoms. The van der Waals surface area contributed by atoms with Crippen LogP contribution in [0.15, 0.2) is 0 Å². The van der Waals surface area contributed by atoms with Crippen LogP contribution in [-0.4, -0.2) is 53.6 Å². The number of aliphatic carboxylic acids is 1. The second kappa shape index (κ2) is 5.40. The third-order valence-corrected chi connectivity index (χ3v) is 2.67. The van der Waals surface area contributed by atoms with E-state index >= 15 is 0 Å². The molecule has 1 aliphatic rings. The molecule has 1 rings (SSSR count). The van der Waals surface area contributed by atoms with Gasteiger partial charge in [0.05, 0.1) is 6.54 Å². The molecule has 1 heterocycles. The van der Waals surface area contributed by atoms with Crippen molar-refractivity contribution in [2.75, 3.05) is 26.7 Å². The molecule has 1 N–H and O–H groups in total. The summed E-state index contributed by atoms with van der Waals surface area (Å²) in [7, 11) is 1.65. The highest BCUT2D eigenvalue weighted by atomic mass is 16.4. The molecule has 1 saturated heterocycles. The first-order valence-corrected chi connectivity index (χ1v) is 5.20. The molecule has 0 saturated carbocycles. The normalized spacial score (nSPS) is 19.2. The summed E-state index contributed by atoms with van der Waals surface area (Å²) in [5.74, 6) is 1.66. The van der Waals surface area contributed by atoms with Gasteiger partial charge in [0.25, 0.3) is 0 Å². The monoisotopic (exact) mass is 224 g/mol. The van der Waals surface area contributed by atoms with Crippen molar-refractivity contribution in [3.05, 3.63) is 0 Å². The van der Waals surface area contributed by atoms with Crippen LogP contribution >= 0.6 is 0 Å². The van der Waals surface area contributed by atoms with Gasteiger partial charge in [0.1, 0.15) is 0 Å². The Morgan fingerprint density at radius 3 is 2.88 bits per heavy atom. The van der Waals surface area contributed by atoms with Gasteiger partial charge in [-0.2, -0.15) is 0 Å². The first kappa shape index (κ1) is 12.4. The number of carboxylic acids is 1. The highest BCUT2D eigenvalue weighted by molar-refractivity contribution is 5.75. The molecule has 5 nitrogen and oxygen atoms in total. The summed E-state index contributed by atoms with van der Waals surface area (Å²) >= 11 is 0. The lowest BCUT2D eigenvalue weighted by Crippen LogP contribution is -2.40. The van der Waals surface area contributed by atoms with Gasteiger partial charge in [-0.15, -0.1) is 6.42 Å². The molecule has 0 spiro atoms. The summed E-state index contributed by atoms with van der Waals surface area (Å²) in [5.41, 5.74) is 0. The molecule has 1 fully saturated rings. The lowest BCUT2D eigenvalue weighted by atomic mass is 10.1. The number of hydrogen-bond donors (Lipinski definition) is 1. The third-order valence-electron chi connectivity index (χ3n) is 2.67.